The number of fused-ring (bicyclic) bond motifs is 1. The summed E-state index contributed by atoms with van der Waals surface area (Å²) in [4.78, 5) is 26.4. The molecule has 0 amide bonds. The number of rotatable bonds is 0. The number of hydrogen-bond acceptors (Lipinski definition) is 2. The minimum Gasteiger partial charge on any atom is -0.355 e. The predicted octanol–water partition coefficient (Wildman–Crippen LogP) is 2.04. The van der Waals surface area contributed by atoms with Gasteiger partial charge in [0.15, 0.2) is 5.78 Å². The van der Waals surface area contributed by atoms with Crippen molar-refractivity contribution < 1.29 is 9.59 Å². The van der Waals surface area contributed by atoms with Gasteiger partial charge in [0, 0.05) is 16.8 Å². The van der Waals surface area contributed by atoms with E-state index in [0.717, 1.165) is 5.69 Å². The van der Waals surface area contributed by atoms with E-state index in [1.165, 1.54) is 0 Å². The van der Waals surface area contributed by atoms with Gasteiger partial charge in [0.1, 0.15) is 0 Å². The Morgan fingerprint density at radius 3 is 2.21 bits per heavy atom. The molecule has 1 aromatic rings. The van der Waals surface area contributed by atoms with Crippen LogP contribution in [0, 0.1) is 6.92 Å². The zero-order valence-corrected chi connectivity index (χ0v) is 8.39. The number of allylic oxidation sites excluding steroid dienone is 2. The van der Waals surface area contributed by atoms with Crippen molar-refractivity contribution in [2.24, 2.45) is 0 Å². The van der Waals surface area contributed by atoms with Crippen molar-refractivity contribution >= 4 is 11.6 Å². The summed E-state index contributed by atoms with van der Waals surface area (Å²) in [5, 5.41) is 0. The molecular formula is C11H11NO2. The largest absolute Gasteiger partial charge is 0.355 e. The Kier molecular flexibility index (Phi) is 1.71. The van der Waals surface area contributed by atoms with Crippen LogP contribution in [-0.2, 0) is 0 Å². The second-order valence-electron chi connectivity index (χ2n) is 3.65. The standard InChI is InChI=1S/C11H11NO2/c1-5-4-8-9(12-5)11(14)7(3)6(2)10(8)13/h4,12H,1-3H3. The van der Waals surface area contributed by atoms with Crippen LogP contribution in [0.15, 0.2) is 17.2 Å². The van der Waals surface area contributed by atoms with Crippen molar-refractivity contribution in [1.82, 2.24) is 4.98 Å². The molecule has 14 heavy (non-hydrogen) atoms. The van der Waals surface area contributed by atoms with Crippen LogP contribution in [0.1, 0.15) is 40.4 Å². The van der Waals surface area contributed by atoms with Gasteiger partial charge in [-0.1, -0.05) is 0 Å². The van der Waals surface area contributed by atoms with Crippen molar-refractivity contribution in [3.05, 3.63) is 34.2 Å². The van der Waals surface area contributed by atoms with Gasteiger partial charge in [-0.3, -0.25) is 9.59 Å². The van der Waals surface area contributed by atoms with Gasteiger partial charge in [0.2, 0.25) is 5.78 Å². The normalized spacial score (nSPS) is 16.2. The Labute approximate surface area is 81.8 Å². The van der Waals surface area contributed by atoms with Crippen molar-refractivity contribution in [1.29, 1.82) is 0 Å². The number of aromatic amines is 1. The predicted molar refractivity (Wildman–Crippen MR) is 52.6 cm³/mol. The highest BCUT2D eigenvalue weighted by Gasteiger charge is 2.28. The maximum absolute atomic E-state index is 11.8. The van der Waals surface area contributed by atoms with Crippen LogP contribution in [0.3, 0.4) is 0 Å². The zero-order chi connectivity index (χ0) is 10.5. The third kappa shape index (κ3) is 0.985. The van der Waals surface area contributed by atoms with Gasteiger partial charge in [0.05, 0.1) is 11.3 Å². The highest BCUT2D eigenvalue weighted by atomic mass is 16.1. The van der Waals surface area contributed by atoms with Crippen LogP contribution in [-0.4, -0.2) is 16.6 Å². The number of nitrogens with one attached hydrogen (secondary N) is 1. The minimum atomic E-state index is -0.0646. The van der Waals surface area contributed by atoms with Gasteiger partial charge in [-0.25, -0.2) is 0 Å². The maximum Gasteiger partial charge on any atom is 0.206 e. The van der Waals surface area contributed by atoms with Crippen molar-refractivity contribution in [3.63, 3.8) is 0 Å². The minimum absolute atomic E-state index is 0.0403. The molecule has 1 aliphatic carbocycles. The highest BCUT2D eigenvalue weighted by molar-refractivity contribution is 6.25. The second kappa shape index (κ2) is 2.67. The fourth-order valence-corrected chi connectivity index (χ4v) is 1.68. The molecule has 0 saturated carbocycles. The molecule has 2 rings (SSSR count). The second-order valence-corrected chi connectivity index (χ2v) is 3.65. The van der Waals surface area contributed by atoms with E-state index in [4.69, 9.17) is 0 Å². The number of hydrogen-bond donors (Lipinski definition) is 1. The number of ketones is 2. The molecule has 0 spiro atoms. The van der Waals surface area contributed by atoms with Gasteiger partial charge < -0.3 is 4.98 Å². The monoisotopic (exact) mass is 189 g/mol. The third-order valence-electron chi connectivity index (χ3n) is 2.67. The molecule has 0 radical (unpaired) electrons. The lowest BCUT2D eigenvalue weighted by Gasteiger charge is -2.12. The summed E-state index contributed by atoms with van der Waals surface area (Å²) in [5.41, 5.74) is 2.90. The SMILES string of the molecule is CC1=C(C)C(=O)c2[nH]c(C)cc2C1=O. The molecule has 0 bridgehead atoms. The van der Waals surface area contributed by atoms with Gasteiger partial charge >= 0.3 is 0 Å². The lowest BCUT2D eigenvalue weighted by molar-refractivity contribution is 0.0973. The highest BCUT2D eigenvalue weighted by Crippen LogP contribution is 2.25. The molecule has 0 aliphatic heterocycles. The summed E-state index contributed by atoms with van der Waals surface area (Å²) in [6.07, 6.45) is 0. The van der Waals surface area contributed by atoms with Crippen molar-refractivity contribution in [2.45, 2.75) is 20.8 Å². The van der Waals surface area contributed by atoms with Gasteiger partial charge in [-0.15, -0.1) is 0 Å². The summed E-state index contributed by atoms with van der Waals surface area (Å²) in [6.45, 7) is 5.22. The first-order valence-corrected chi connectivity index (χ1v) is 4.49. The quantitative estimate of drug-likeness (QED) is 0.678. The number of aryl methyl sites for hydroxylation is 1. The van der Waals surface area contributed by atoms with Gasteiger partial charge in [-0.05, 0) is 26.8 Å². The van der Waals surface area contributed by atoms with Crippen molar-refractivity contribution in [3.8, 4) is 0 Å². The third-order valence-corrected chi connectivity index (χ3v) is 2.67. The van der Waals surface area contributed by atoms with E-state index < -0.39 is 0 Å². The van der Waals surface area contributed by atoms with E-state index >= 15 is 0 Å². The molecule has 3 nitrogen and oxygen atoms in total. The van der Waals surface area contributed by atoms with E-state index in [1.807, 2.05) is 6.92 Å². The summed E-state index contributed by atoms with van der Waals surface area (Å²) < 4.78 is 0. The van der Waals surface area contributed by atoms with E-state index in [1.54, 1.807) is 19.9 Å². The fourth-order valence-electron chi connectivity index (χ4n) is 1.68. The summed E-state index contributed by atoms with van der Waals surface area (Å²) in [6, 6.07) is 1.73. The number of aromatic nitrogens is 1. The summed E-state index contributed by atoms with van der Waals surface area (Å²) >= 11 is 0. The molecular weight excluding hydrogens is 178 g/mol. The molecule has 0 unspecified atom stereocenters. The van der Waals surface area contributed by atoms with E-state index in [-0.39, 0.29) is 11.6 Å². The first-order chi connectivity index (χ1) is 6.52. The topological polar surface area (TPSA) is 49.9 Å². The molecule has 3 heteroatoms. The van der Waals surface area contributed by atoms with Crippen LogP contribution < -0.4 is 0 Å². The Bertz CT molecular complexity index is 436. The molecule has 0 fully saturated rings. The van der Waals surface area contributed by atoms with Crippen LogP contribution >= 0.6 is 0 Å². The molecule has 1 aliphatic rings. The van der Waals surface area contributed by atoms with Crippen molar-refractivity contribution in [2.75, 3.05) is 0 Å². The van der Waals surface area contributed by atoms with Crippen LogP contribution in [0.2, 0.25) is 0 Å². The average molecular weight is 189 g/mol. The van der Waals surface area contributed by atoms with Gasteiger partial charge in [0.25, 0.3) is 0 Å². The Balaban J connectivity index is 2.71. The Hall–Kier alpha value is -1.64. The van der Waals surface area contributed by atoms with E-state index in [2.05, 4.69) is 4.98 Å². The molecule has 1 N–H and O–H groups in total. The smallest absolute Gasteiger partial charge is 0.206 e. The average Bonchev–Trinajstić information content (AvgIpc) is 2.54. The van der Waals surface area contributed by atoms with Crippen LogP contribution in [0.5, 0.6) is 0 Å². The van der Waals surface area contributed by atoms with E-state index in [9.17, 15) is 9.59 Å². The lowest BCUT2D eigenvalue weighted by atomic mass is 9.90. The summed E-state index contributed by atoms with van der Waals surface area (Å²) in [7, 11) is 0. The van der Waals surface area contributed by atoms with Crippen LogP contribution in [0.25, 0.3) is 0 Å². The fraction of sp³-hybridized carbons (Fsp3) is 0.273. The Morgan fingerprint density at radius 2 is 1.57 bits per heavy atom. The number of carbonyl (C=O) groups is 2. The van der Waals surface area contributed by atoms with Gasteiger partial charge in [-0.2, -0.15) is 0 Å². The first-order valence-electron chi connectivity index (χ1n) is 4.49. The first kappa shape index (κ1) is 8.94. The number of Topliss-reactive ketones (excluding diaryl/α,β-unsaturated/α-hetero) is 2. The molecule has 0 saturated heterocycles. The van der Waals surface area contributed by atoms with Crippen LogP contribution in [0.4, 0.5) is 0 Å². The molecule has 0 aromatic carbocycles. The maximum atomic E-state index is 11.8. The zero-order valence-electron chi connectivity index (χ0n) is 8.39. The number of carbonyl (C=O) groups excluding carboxylic acids is 2. The molecule has 1 aromatic heterocycles. The Morgan fingerprint density at radius 1 is 1.00 bits per heavy atom. The van der Waals surface area contributed by atoms with E-state index in [0.29, 0.717) is 22.4 Å². The lowest BCUT2D eigenvalue weighted by Crippen LogP contribution is -2.18. The number of H-pyrrole nitrogens is 1. The molecule has 72 valence electrons. The molecule has 1 heterocycles. The molecule has 0 atom stereocenters. The summed E-state index contributed by atoms with van der Waals surface area (Å²) in [5.74, 6) is -0.105.